The number of imide groups is 1. The highest BCUT2D eigenvalue weighted by molar-refractivity contribution is 6.01. The predicted molar refractivity (Wildman–Crippen MR) is 105 cm³/mol. The van der Waals surface area contributed by atoms with Crippen molar-refractivity contribution in [3.05, 3.63) is 42.5 Å². The van der Waals surface area contributed by atoms with Crippen molar-refractivity contribution >= 4 is 29.3 Å². The highest BCUT2D eigenvalue weighted by Gasteiger charge is 2.35. The fraction of sp³-hybridized carbons (Fsp3) is 0.429. The molecule has 7 nitrogen and oxygen atoms in total. The molecule has 1 aromatic carbocycles. The predicted octanol–water partition coefficient (Wildman–Crippen LogP) is 1.98. The van der Waals surface area contributed by atoms with Gasteiger partial charge in [-0.15, -0.1) is 0 Å². The van der Waals surface area contributed by atoms with E-state index in [1.807, 2.05) is 0 Å². The maximum absolute atomic E-state index is 12.8. The van der Waals surface area contributed by atoms with E-state index in [0.29, 0.717) is 56.4 Å². The summed E-state index contributed by atoms with van der Waals surface area (Å²) in [5, 5.41) is 0. The van der Waals surface area contributed by atoms with Crippen molar-refractivity contribution in [1.82, 2.24) is 9.80 Å². The van der Waals surface area contributed by atoms with Crippen molar-refractivity contribution < 1.29 is 19.2 Å². The Balaban J connectivity index is 1.60. The van der Waals surface area contributed by atoms with Gasteiger partial charge in [-0.1, -0.05) is 6.58 Å². The Morgan fingerprint density at radius 1 is 1.07 bits per heavy atom. The summed E-state index contributed by atoms with van der Waals surface area (Å²) in [4.78, 5) is 53.2. The molecule has 4 amide bonds. The Bertz CT molecular complexity index is 778. The number of amides is 4. The molecule has 3 rings (SSSR count). The summed E-state index contributed by atoms with van der Waals surface area (Å²) in [6, 6.07) is 6.76. The summed E-state index contributed by atoms with van der Waals surface area (Å²) in [6.07, 6.45) is 3.95. The van der Waals surface area contributed by atoms with Gasteiger partial charge in [0.1, 0.15) is 0 Å². The first-order chi connectivity index (χ1) is 13.4. The summed E-state index contributed by atoms with van der Waals surface area (Å²) >= 11 is 0. The van der Waals surface area contributed by atoms with Crippen LogP contribution in [0.4, 0.5) is 5.69 Å². The zero-order chi connectivity index (χ0) is 20.3. The normalized spacial score (nSPS) is 18.2. The molecule has 0 bridgehead atoms. The van der Waals surface area contributed by atoms with Gasteiger partial charge in [-0.05, 0) is 49.6 Å². The van der Waals surface area contributed by atoms with E-state index in [0.717, 1.165) is 0 Å². The summed E-state index contributed by atoms with van der Waals surface area (Å²) in [7, 11) is 1.65. The molecule has 0 atom stereocenters. The van der Waals surface area contributed by atoms with E-state index in [-0.39, 0.29) is 29.7 Å². The number of anilines is 1. The highest BCUT2D eigenvalue weighted by Crippen LogP contribution is 2.24. The van der Waals surface area contributed by atoms with E-state index in [1.165, 1.54) is 15.9 Å². The monoisotopic (exact) mass is 383 g/mol. The van der Waals surface area contributed by atoms with Crippen LogP contribution in [-0.2, 0) is 14.4 Å². The zero-order valence-corrected chi connectivity index (χ0v) is 16.1. The first kappa shape index (κ1) is 19.8. The minimum Gasteiger partial charge on any atom is -0.338 e. The third kappa shape index (κ3) is 3.98. The second kappa shape index (κ2) is 8.37. The third-order valence-electron chi connectivity index (χ3n) is 5.44. The molecule has 28 heavy (non-hydrogen) atoms. The van der Waals surface area contributed by atoms with Gasteiger partial charge in [0.2, 0.25) is 17.7 Å². The fourth-order valence-corrected chi connectivity index (χ4v) is 3.78. The minimum atomic E-state index is -0.219. The molecular formula is C21H25N3O4. The van der Waals surface area contributed by atoms with Crippen molar-refractivity contribution in [3.8, 4) is 0 Å². The number of likely N-dealkylation sites (tertiary alicyclic amines) is 2. The Kier molecular flexibility index (Phi) is 5.92. The fourth-order valence-electron chi connectivity index (χ4n) is 3.78. The molecule has 0 aromatic heterocycles. The van der Waals surface area contributed by atoms with Crippen LogP contribution in [0.25, 0.3) is 0 Å². The lowest BCUT2D eigenvalue weighted by Crippen LogP contribution is -2.52. The molecule has 148 valence electrons. The number of benzene rings is 1. The average Bonchev–Trinajstić information content (AvgIpc) is 2.72. The van der Waals surface area contributed by atoms with E-state index in [9.17, 15) is 19.2 Å². The van der Waals surface area contributed by atoms with Crippen LogP contribution in [0, 0.1) is 0 Å². The topological polar surface area (TPSA) is 78.0 Å². The van der Waals surface area contributed by atoms with Crippen molar-refractivity contribution in [2.24, 2.45) is 0 Å². The van der Waals surface area contributed by atoms with Crippen LogP contribution in [0.15, 0.2) is 36.9 Å². The maximum atomic E-state index is 12.8. The van der Waals surface area contributed by atoms with Crippen LogP contribution in [0.3, 0.4) is 0 Å². The third-order valence-corrected chi connectivity index (χ3v) is 5.44. The molecule has 2 heterocycles. The van der Waals surface area contributed by atoms with Crippen molar-refractivity contribution in [3.63, 3.8) is 0 Å². The van der Waals surface area contributed by atoms with Gasteiger partial charge < -0.3 is 9.80 Å². The van der Waals surface area contributed by atoms with Gasteiger partial charge in [-0.25, -0.2) is 0 Å². The lowest BCUT2D eigenvalue weighted by Gasteiger charge is -2.39. The molecule has 0 saturated carbocycles. The highest BCUT2D eigenvalue weighted by atomic mass is 16.2. The van der Waals surface area contributed by atoms with Gasteiger partial charge in [0, 0.05) is 50.3 Å². The Morgan fingerprint density at radius 2 is 1.64 bits per heavy atom. The quantitative estimate of drug-likeness (QED) is 0.588. The number of hydrogen-bond acceptors (Lipinski definition) is 4. The van der Waals surface area contributed by atoms with E-state index in [2.05, 4.69) is 6.58 Å². The summed E-state index contributed by atoms with van der Waals surface area (Å²) in [6.45, 7) is 4.49. The van der Waals surface area contributed by atoms with E-state index in [1.54, 1.807) is 36.2 Å². The summed E-state index contributed by atoms with van der Waals surface area (Å²) < 4.78 is 0. The van der Waals surface area contributed by atoms with E-state index >= 15 is 0 Å². The number of likely N-dealkylation sites (N-methyl/N-ethyl adjacent to an activating group) is 1. The Labute approximate surface area is 164 Å². The second-order valence-corrected chi connectivity index (χ2v) is 7.18. The molecule has 0 N–H and O–H groups in total. The first-order valence-electron chi connectivity index (χ1n) is 9.56. The van der Waals surface area contributed by atoms with Crippen molar-refractivity contribution in [2.45, 2.75) is 38.1 Å². The van der Waals surface area contributed by atoms with Crippen molar-refractivity contribution in [2.75, 3.05) is 25.0 Å². The number of nitrogens with zero attached hydrogens (tertiary/aromatic N) is 3. The minimum absolute atomic E-state index is 0.0843. The van der Waals surface area contributed by atoms with Crippen LogP contribution in [0.1, 0.15) is 42.5 Å². The number of piperidine rings is 2. The molecule has 0 radical (unpaired) electrons. The number of rotatable bonds is 4. The van der Waals surface area contributed by atoms with Crippen LogP contribution < -0.4 is 4.90 Å². The molecule has 0 aliphatic carbocycles. The zero-order valence-electron chi connectivity index (χ0n) is 16.1. The van der Waals surface area contributed by atoms with Crippen LogP contribution in [0.5, 0.6) is 0 Å². The molecular weight excluding hydrogens is 358 g/mol. The molecule has 0 unspecified atom stereocenters. The molecule has 7 heteroatoms. The average molecular weight is 383 g/mol. The Hall–Kier alpha value is -2.96. The van der Waals surface area contributed by atoms with Gasteiger partial charge in [0.05, 0.1) is 0 Å². The van der Waals surface area contributed by atoms with E-state index < -0.39 is 0 Å². The summed E-state index contributed by atoms with van der Waals surface area (Å²) in [5.74, 6) is -0.480. The molecule has 1 aromatic rings. The smallest absolute Gasteiger partial charge is 0.253 e. The molecule has 2 fully saturated rings. The second-order valence-electron chi connectivity index (χ2n) is 7.18. The van der Waals surface area contributed by atoms with Crippen LogP contribution in [-0.4, -0.2) is 59.6 Å². The molecule has 0 spiro atoms. The van der Waals surface area contributed by atoms with Crippen LogP contribution in [0.2, 0.25) is 0 Å². The SMILES string of the molecule is C=CC(=O)N(C)c1ccc(C(=O)N2CCC(N3C(=O)CCCC3=O)CC2)cc1. The number of carbonyl (C=O) groups is 4. The van der Waals surface area contributed by atoms with Crippen LogP contribution >= 0.6 is 0 Å². The lowest BCUT2D eigenvalue weighted by atomic mass is 9.98. The first-order valence-corrected chi connectivity index (χ1v) is 9.56. The largest absolute Gasteiger partial charge is 0.338 e. The van der Waals surface area contributed by atoms with E-state index in [4.69, 9.17) is 0 Å². The molecule has 2 aliphatic heterocycles. The summed E-state index contributed by atoms with van der Waals surface area (Å²) in [5.41, 5.74) is 1.23. The van der Waals surface area contributed by atoms with Gasteiger partial charge in [0.15, 0.2) is 0 Å². The van der Waals surface area contributed by atoms with Gasteiger partial charge in [0.25, 0.3) is 5.91 Å². The number of hydrogen-bond donors (Lipinski definition) is 0. The van der Waals surface area contributed by atoms with Gasteiger partial charge >= 0.3 is 0 Å². The van der Waals surface area contributed by atoms with Gasteiger partial charge in [-0.3, -0.25) is 24.1 Å². The van der Waals surface area contributed by atoms with Gasteiger partial charge in [-0.2, -0.15) is 0 Å². The molecule has 2 saturated heterocycles. The Morgan fingerprint density at radius 3 is 2.18 bits per heavy atom. The maximum Gasteiger partial charge on any atom is 0.253 e. The standard InChI is InChI=1S/C21H25N3O4/c1-3-18(25)22(2)16-9-7-15(8-10-16)21(28)23-13-11-17(12-14-23)24-19(26)5-4-6-20(24)27/h3,7-10,17H,1,4-6,11-14H2,2H3. The molecule has 2 aliphatic rings. The van der Waals surface area contributed by atoms with Crippen molar-refractivity contribution in [1.29, 1.82) is 0 Å². The number of carbonyl (C=O) groups excluding carboxylic acids is 4. The lowest BCUT2D eigenvalue weighted by molar-refractivity contribution is -0.151.